The van der Waals surface area contributed by atoms with Crippen molar-refractivity contribution in [3.8, 4) is 5.75 Å². The van der Waals surface area contributed by atoms with Crippen molar-refractivity contribution in [2.75, 3.05) is 25.1 Å². The van der Waals surface area contributed by atoms with Crippen molar-refractivity contribution < 1.29 is 14.6 Å². The van der Waals surface area contributed by atoms with E-state index in [1.54, 1.807) is 0 Å². The van der Waals surface area contributed by atoms with Crippen LogP contribution in [0.1, 0.15) is 16.7 Å². The number of aliphatic hydroxyl groups is 1. The van der Waals surface area contributed by atoms with Crippen LogP contribution < -0.4 is 15.4 Å². The van der Waals surface area contributed by atoms with Gasteiger partial charge in [-0.1, -0.05) is 36.4 Å². The number of anilines is 1. The minimum Gasteiger partial charge on any atom is -0.491 e. The molecular formula is C19H24N2O3. The Morgan fingerprint density at radius 2 is 1.79 bits per heavy atom. The SMILES string of the molecule is Cc1cccc(C)c1NCC(=O)NCc1ccccc1OCCO. The molecule has 24 heavy (non-hydrogen) atoms. The van der Waals surface area contributed by atoms with Crippen LogP contribution in [0.5, 0.6) is 5.75 Å². The van der Waals surface area contributed by atoms with E-state index in [-0.39, 0.29) is 25.7 Å². The number of benzene rings is 2. The number of hydrogen-bond donors (Lipinski definition) is 3. The first-order chi connectivity index (χ1) is 11.6. The predicted octanol–water partition coefficient (Wildman–Crippen LogP) is 2.40. The van der Waals surface area contributed by atoms with Gasteiger partial charge >= 0.3 is 0 Å². The number of rotatable bonds is 8. The third-order valence-corrected chi connectivity index (χ3v) is 3.70. The molecule has 0 radical (unpaired) electrons. The highest BCUT2D eigenvalue weighted by Gasteiger charge is 2.07. The minimum atomic E-state index is -0.0883. The van der Waals surface area contributed by atoms with Gasteiger partial charge in [0.1, 0.15) is 12.4 Å². The Morgan fingerprint density at radius 1 is 1.08 bits per heavy atom. The topological polar surface area (TPSA) is 70.6 Å². The molecular weight excluding hydrogens is 304 g/mol. The van der Waals surface area contributed by atoms with E-state index < -0.39 is 0 Å². The van der Waals surface area contributed by atoms with Crippen molar-refractivity contribution in [3.63, 3.8) is 0 Å². The van der Waals surface area contributed by atoms with Gasteiger partial charge in [-0.3, -0.25) is 4.79 Å². The highest BCUT2D eigenvalue weighted by Crippen LogP contribution is 2.19. The number of aliphatic hydroxyl groups excluding tert-OH is 1. The van der Waals surface area contributed by atoms with Crippen LogP contribution in [0.15, 0.2) is 42.5 Å². The van der Waals surface area contributed by atoms with E-state index in [4.69, 9.17) is 9.84 Å². The second kappa shape index (κ2) is 8.93. The summed E-state index contributed by atoms with van der Waals surface area (Å²) in [6, 6.07) is 13.5. The molecule has 5 nitrogen and oxygen atoms in total. The third-order valence-electron chi connectivity index (χ3n) is 3.70. The average molecular weight is 328 g/mol. The van der Waals surface area contributed by atoms with E-state index in [1.165, 1.54) is 0 Å². The standard InChI is InChI=1S/C19H24N2O3/c1-14-6-5-7-15(2)19(14)21-13-18(23)20-12-16-8-3-4-9-17(16)24-11-10-22/h3-9,21-22H,10-13H2,1-2H3,(H,20,23). The maximum Gasteiger partial charge on any atom is 0.239 e. The van der Waals surface area contributed by atoms with Crippen LogP contribution in [-0.4, -0.2) is 30.8 Å². The minimum absolute atomic E-state index is 0.0413. The lowest BCUT2D eigenvalue weighted by atomic mass is 10.1. The molecule has 2 aromatic rings. The Hall–Kier alpha value is -2.53. The first-order valence-corrected chi connectivity index (χ1v) is 8.00. The highest BCUT2D eigenvalue weighted by atomic mass is 16.5. The van der Waals surface area contributed by atoms with Crippen molar-refractivity contribution in [2.45, 2.75) is 20.4 Å². The van der Waals surface area contributed by atoms with Crippen LogP contribution in [-0.2, 0) is 11.3 Å². The Bertz CT molecular complexity index is 666. The molecule has 0 aliphatic heterocycles. The molecule has 0 saturated heterocycles. The molecule has 1 amide bonds. The number of hydrogen-bond acceptors (Lipinski definition) is 4. The molecule has 0 fully saturated rings. The normalized spacial score (nSPS) is 10.3. The van der Waals surface area contributed by atoms with E-state index in [2.05, 4.69) is 10.6 Å². The maximum atomic E-state index is 12.1. The van der Waals surface area contributed by atoms with Gasteiger partial charge in [-0.25, -0.2) is 0 Å². The van der Waals surface area contributed by atoms with Gasteiger partial charge in [-0.15, -0.1) is 0 Å². The fraction of sp³-hybridized carbons (Fsp3) is 0.316. The molecule has 0 unspecified atom stereocenters. The molecule has 0 aromatic heterocycles. The molecule has 0 atom stereocenters. The molecule has 0 aliphatic carbocycles. The Kier molecular flexibility index (Phi) is 6.63. The van der Waals surface area contributed by atoms with Gasteiger partial charge in [0.05, 0.1) is 13.2 Å². The van der Waals surface area contributed by atoms with Crippen molar-refractivity contribution in [1.29, 1.82) is 0 Å². The average Bonchev–Trinajstić information content (AvgIpc) is 2.58. The van der Waals surface area contributed by atoms with Crippen molar-refractivity contribution in [2.24, 2.45) is 0 Å². The fourth-order valence-electron chi connectivity index (χ4n) is 2.46. The Morgan fingerprint density at radius 3 is 2.50 bits per heavy atom. The summed E-state index contributed by atoms with van der Waals surface area (Å²) in [6.45, 7) is 4.82. The molecule has 2 rings (SSSR count). The van der Waals surface area contributed by atoms with E-state index in [1.807, 2.05) is 56.3 Å². The van der Waals surface area contributed by atoms with Crippen LogP contribution in [0.25, 0.3) is 0 Å². The summed E-state index contributed by atoms with van der Waals surface area (Å²) < 4.78 is 5.46. The van der Waals surface area contributed by atoms with Crippen molar-refractivity contribution in [3.05, 3.63) is 59.2 Å². The molecule has 128 valence electrons. The summed E-state index contributed by atoms with van der Waals surface area (Å²) in [5, 5.41) is 14.9. The number of nitrogens with one attached hydrogen (secondary N) is 2. The second-order valence-corrected chi connectivity index (χ2v) is 5.58. The quantitative estimate of drug-likeness (QED) is 0.696. The highest BCUT2D eigenvalue weighted by molar-refractivity contribution is 5.81. The zero-order chi connectivity index (χ0) is 17.4. The van der Waals surface area contributed by atoms with Gasteiger partial charge in [0, 0.05) is 17.8 Å². The van der Waals surface area contributed by atoms with Gasteiger partial charge in [-0.2, -0.15) is 0 Å². The first kappa shape index (κ1) is 17.8. The number of ether oxygens (including phenoxy) is 1. The van der Waals surface area contributed by atoms with Crippen LogP contribution in [0, 0.1) is 13.8 Å². The molecule has 0 aliphatic rings. The molecule has 0 saturated carbocycles. The monoisotopic (exact) mass is 328 g/mol. The maximum absolute atomic E-state index is 12.1. The van der Waals surface area contributed by atoms with E-state index in [0.717, 1.165) is 22.4 Å². The zero-order valence-electron chi connectivity index (χ0n) is 14.1. The van der Waals surface area contributed by atoms with Gasteiger partial charge in [-0.05, 0) is 31.0 Å². The van der Waals surface area contributed by atoms with E-state index in [9.17, 15) is 4.79 Å². The van der Waals surface area contributed by atoms with Crippen LogP contribution in [0.4, 0.5) is 5.69 Å². The van der Waals surface area contributed by atoms with Gasteiger partial charge in [0.15, 0.2) is 0 Å². The fourth-order valence-corrected chi connectivity index (χ4v) is 2.46. The zero-order valence-corrected chi connectivity index (χ0v) is 14.1. The molecule has 0 heterocycles. The smallest absolute Gasteiger partial charge is 0.239 e. The summed E-state index contributed by atoms with van der Waals surface area (Å²) in [6.07, 6.45) is 0. The Balaban J connectivity index is 1.88. The van der Waals surface area contributed by atoms with Gasteiger partial charge in [0.25, 0.3) is 0 Å². The largest absolute Gasteiger partial charge is 0.491 e. The molecule has 2 aromatic carbocycles. The van der Waals surface area contributed by atoms with Crippen molar-refractivity contribution in [1.82, 2.24) is 5.32 Å². The van der Waals surface area contributed by atoms with Crippen LogP contribution in [0.2, 0.25) is 0 Å². The van der Waals surface area contributed by atoms with E-state index >= 15 is 0 Å². The van der Waals surface area contributed by atoms with Crippen LogP contribution in [0.3, 0.4) is 0 Å². The van der Waals surface area contributed by atoms with Crippen LogP contribution >= 0.6 is 0 Å². The van der Waals surface area contributed by atoms with Gasteiger partial charge < -0.3 is 20.5 Å². The number of carbonyl (C=O) groups is 1. The molecule has 0 spiro atoms. The summed E-state index contributed by atoms with van der Waals surface area (Å²) in [5.74, 6) is 0.587. The lowest BCUT2D eigenvalue weighted by Gasteiger charge is -2.14. The van der Waals surface area contributed by atoms with E-state index in [0.29, 0.717) is 12.3 Å². The molecule has 0 bridgehead atoms. The second-order valence-electron chi connectivity index (χ2n) is 5.58. The third kappa shape index (κ3) is 4.99. The predicted molar refractivity (Wildman–Crippen MR) is 95.3 cm³/mol. The van der Waals surface area contributed by atoms with Gasteiger partial charge in [0.2, 0.25) is 5.91 Å². The number of carbonyl (C=O) groups excluding carboxylic acids is 1. The summed E-state index contributed by atoms with van der Waals surface area (Å²) in [5.41, 5.74) is 4.11. The lowest BCUT2D eigenvalue weighted by Crippen LogP contribution is -2.29. The number of para-hydroxylation sites is 2. The summed E-state index contributed by atoms with van der Waals surface area (Å²) in [4.78, 5) is 12.1. The van der Waals surface area contributed by atoms with Crippen molar-refractivity contribution >= 4 is 11.6 Å². The summed E-state index contributed by atoms with van der Waals surface area (Å²) in [7, 11) is 0. The molecule has 5 heteroatoms. The number of aryl methyl sites for hydroxylation is 2. The lowest BCUT2D eigenvalue weighted by molar-refractivity contribution is -0.119. The first-order valence-electron chi connectivity index (χ1n) is 8.00. The Labute approximate surface area is 142 Å². The summed E-state index contributed by atoms with van der Waals surface area (Å²) >= 11 is 0. The number of amides is 1. The molecule has 3 N–H and O–H groups in total.